The number of hydrogen-bond acceptors (Lipinski definition) is 4. The number of piperidine rings is 1. The summed E-state index contributed by atoms with van der Waals surface area (Å²) in [4.78, 5) is 30.7. The highest BCUT2D eigenvalue weighted by molar-refractivity contribution is 6.30. The third kappa shape index (κ3) is 6.14. The van der Waals surface area contributed by atoms with Crippen LogP contribution < -0.4 is 0 Å². The lowest BCUT2D eigenvalue weighted by molar-refractivity contribution is -0.161. The highest BCUT2D eigenvalue weighted by atomic mass is 35.5. The summed E-state index contributed by atoms with van der Waals surface area (Å²) in [5.41, 5.74) is 0.927. The average Bonchev–Trinajstić information content (AvgIpc) is 2.85. The van der Waals surface area contributed by atoms with Gasteiger partial charge in [-0.1, -0.05) is 61.3 Å². The number of morpholine rings is 1. The van der Waals surface area contributed by atoms with E-state index in [0.717, 1.165) is 24.1 Å². The van der Waals surface area contributed by atoms with E-state index in [1.807, 2.05) is 53.4 Å². The first kappa shape index (κ1) is 27.9. The van der Waals surface area contributed by atoms with Crippen LogP contribution in [0.25, 0.3) is 0 Å². The zero-order valence-corrected chi connectivity index (χ0v) is 23.2. The van der Waals surface area contributed by atoms with Crippen LogP contribution in [0.4, 0.5) is 0 Å². The molecule has 1 N–H and O–H groups in total. The molecule has 0 saturated carbocycles. The molecule has 200 valence electrons. The number of carbonyl (C=O) groups excluding carboxylic acids is 1. The van der Waals surface area contributed by atoms with Gasteiger partial charge in [0.1, 0.15) is 0 Å². The third-order valence-corrected chi connectivity index (χ3v) is 8.43. The Morgan fingerprint density at radius 2 is 1.89 bits per heavy atom. The van der Waals surface area contributed by atoms with Gasteiger partial charge < -0.3 is 14.7 Å². The topological polar surface area (TPSA) is 70.1 Å². The van der Waals surface area contributed by atoms with E-state index in [2.05, 4.69) is 18.7 Å². The lowest BCUT2D eigenvalue weighted by Gasteiger charge is -2.53. The Morgan fingerprint density at radius 3 is 2.51 bits per heavy atom. The molecule has 2 aliphatic heterocycles. The first-order chi connectivity index (χ1) is 17.6. The van der Waals surface area contributed by atoms with Crippen molar-refractivity contribution in [1.29, 1.82) is 0 Å². The summed E-state index contributed by atoms with van der Waals surface area (Å²) in [7, 11) is 0. The van der Waals surface area contributed by atoms with Gasteiger partial charge in [-0.25, -0.2) is 0 Å². The van der Waals surface area contributed by atoms with Crippen LogP contribution in [-0.2, 0) is 14.3 Å². The number of carbonyl (C=O) groups is 2. The van der Waals surface area contributed by atoms with Gasteiger partial charge in [-0.05, 0) is 55.2 Å². The normalized spacial score (nSPS) is 27.8. The van der Waals surface area contributed by atoms with E-state index in [4.69, 9.17) is 27.9 Å². The fourth-order valence-corrected chi connectivity index (χ4v) is 6.32. The Labute approximate surface area is 229 Å². The Hall–Kier alpha value is -2.12. The van der Waals surface area contributed by atoms with Gasteiger partial charge in [0.2, 0.25) is 5.91 Å². The minimum atomic E-state index is -1.05. The van der Waals surface area contributed by atoms with Crippen molar-refractivity contribution in [1.82, 2.24) is 9.80 Å². The van der Waals surface area contributed by atoms with Crippen LogP contribution in [0.3, 0.4) is 0 Å². The van der Waals surface area contributed by atoms with Crippen LogP contribution >= 0.6 is 23.2 Å². The molecule has 4 rings (SSSR count). The maximum absolute atomic E-state index is 14.4. The van der Waals surface area contributed by atoms with Gasteiger partial charge in [0.15, 0.2) is 0 Å². The second-order valence-electron chi connectivity index (χ2n) is 10.7. The summed E-state index contributed by atoms with van der Waals surface area (Å²) in [6.07, 6.45) is 0.926. The third-order valence-electron chi connectivity index (χ3n) is 7.95. The van der Waals surface area contributed by atoms with E-state index in [1.54, 1.807) is 6.92 Å². The van der Waals surface area contributed by atoms with Crippen LogP contribution in [0.2, 0.25) is 10.0 Å². The molecule has 0 aliphatic carbocycles. The van der Waals surface area contributed by atoms with Crippen molar-refractivity contribution in [3.05, 3.63) is 69.7 Å². The van der Waals surface area contributed by atoms with Crippen LogP contribution in [0.15, 0.2) is 48.5 Å². The molecule has 0 bridgehead atoms. The molecule has 0 spiro atoms. The van der Waals surface area contributed by atoms with E-state index in [1.165, 1.54) is 0 Å². The highest BCUT2D eigenvalue weighted by Gasteiger charge is 2.52. The van der Waals surface area contributed by atoms with Crippen LogP contribution in [0.5, 0.6) is 0 Å². The van der Waals surface area contributed by atoms with Gasteiger partial charge in [-0.2, -0.15) is 0 Å². The van der Waals surface area contributed by atoms with E-state index >= 15 is 0 Å². The minimum Gasteiger partial charge on any atom is -0.481 e. The van der Waals surface area contributed by atoms with Gasteiger partial charge in [-0.3, -0.25) is 14.5 Å². The van der Waals surface area contributed by atoms with Gasteiger partial charge in [0.25, 0.3) is 0 Å². The summed E-state index contributed by atoms with van der Waals surface area (Å²) in [5, 5.41) is 11.1. The first-order valence-corrected chi connectivity index (χ1v) is 13.8. The lowest BCUT2D eigenvalue weighted by atomic mass is 9.67. The number of rotatable bonds is 8. The van der Waals surface area contributed by atoms with Crippen molar-refractivity contribution < 1.29 is 19.4 Å². The first-order valence-electron chi connectivity index (χ1n) is 13.0. The number of halogens is 2. The maximum Gasteiger partial charge on any atom is 0.304 e. The van der Waals surface area contributed by atoms with Crippen LogP contribution in [-0.4, -0.2) is 65.2 Å². The fourth-order valence-electron chi connectivity index (χ4n) is 6.00. The molecule has 2 heterocycles. The zero-order valence-electron chi connectivity index (χ0n) is 21.7. The van der Waals surface area contributed by atoms with E-state index in [0.29, 0.717) is 36.2 Å². The molecule has 2 saturated heterocycles. The molecule has 2 aliphatic rings. The molecule has 1 amide bonds. The SMILES string of the molecule is CCC(CN1CCOCC1C)N1C(=O)C(C)(CC(=O)O)CC(c2cccc(Cl)c2)C1c1ccc(Cl)cc1. The number of nitrogens with zero attached hydrogens (tertiary/aromatic N) is 2. The second kappa shape index (κ2) is 11.7. The van der Waals surface area contributed by atoms with Crippen LogP contribution in [0, 0.1) is 5.41 Å². The standard InChI is InChI=1S/C29H36Cl2N2O4/c1-4-24(17-32-12-13-37-18-19(32)2)33-27(20-8-10-22(30)11-9-20)25(21-6-5-7-23(31)14-21)15-29(3,28(33)36)16-26(34)35/h5-11,14,19,24-25,27H,4,12-13,15-18H2,1-3H3,(H,34,35). The zero-order chi connectivity index (χ0) is 26.7. The number of carboxylic acid groups (broad SMARTS) is 1. The average molecular weight is 548 g/mol. The van der Waals surface area contributed by atoms with Crippen molar-refractivity contribution in [3.63, 3.8) is 0 Å². The number of ether oxygens (including phenoxy) is 1. The Kier molecular flexibility index (Phi) is 8.85. The summed E-state index contributed by atoms with van der Waals surface area (Å²) >= 11 is 12.7. The minimum absolute atomic E-state index is 0.108. The Morgan fingerprint density at radius 1 is 1.16 bits per heavy atom. The fraction of sp³-hybridized carbons (Fsp3) is 0.517. The summed E-state index contributed by atoms with van der Waals surface area (Å²) in [5.74, 6) is -1.22. The quantitative estimate of drug-likeness (QED) is 0.437. The lowest BCUT2D eigenvalue weighted by Crippen LogP contribution is -2.59. The monoisotopic (exact) mass is 546 g/mol. The smallest absolute Gasteiger partial charge is 0.304 e. The molecule has 37 heavy (non-hydrogen) atoms. The molecular weight excluding hydrogens is 511 g/mol. The number of hydrogen-bond donors (Lipinski definition) is 1. The van der Waals surface area contributed by atoms with Crippen molar-refractivity contribution >= 4 is 35.1 Å². The largest absolute Gasteiger partial charge is 0.481 e. The maximum atomic E-state index is 14.4. The van der Waals surface area contributed by atoms with E-state index in [9.17, 15) is 14.7 Å². The summed E-state index contributed by atoms with van der Waals surface area (Å²) in [6.45, 7) is 8.86. The van der Waals surface area contributed by atoms with Crippen molar-refractivity contribution in [2.24, 2.45) is 5.41 Å². The molecule has 5 unspecified atom stereocenters. The molecule has 8 heteroatoms. The van der Waals surface area contributed by atoms with E-state index in [-0.39, 0.29) is 36.4 Å². The molecule has 0 aromatic heterocycles. The van der Waals surface area contributed by atoms with Gasteiger partial charge in [0.05, 0.1) is 31.1 Å². The Balaban J connectivity index is 1.85. The molecular formula is C29H36Cl2N2O4. The van der Waals surface area contributed by atoms with Gasteiger partial charge >= 0.3 is 5.97 Å². The number of carboxylic acids is 1. The number of aliphatic carboxylic acids is 1. The van der Waals surface area contributed by atoms with Gasteiger partial charge in [0, 0.05) is 41.1 Å². The van der Waals surface area contributed by atoms with E-state index < -0.39 is 11.4 Å². The number of amides is 1. The molecule has 2 aromatic carbocycles. The molecule has 5 atom stereocenters. The molecule has 2 aromatic rings. The molecule has 2 fully saturated rings. The molecule has 0 radical (unpaired) electrons. The number of likely N-dealkylation sites (tertiary alicyclic amines) is 1. The predicted octanol–water partition coefficient (Wildman–Crippen LogP) is 6.03. The van der Waals surface area contributed by atoms with Crippen LogP contribution in [0.1, 0.15) is 63.1 Å². The van der Waals surface area contributed by atoms with Gasteiger partial charge in [-0.15, -0.1) is 0 Å². The predicted molar refractivity (Wildman–Crippen MR) is 146 cm³/mol. The second-order valence-corrected chi connectivity index (χ2v) is 11.6. The summed E-state index contributed by atoms with van der Waals surface area (Å²) < 4.78 is 5.65. The van der Waals surface area contributed by atoms with Crippen molar-refractivity contribution in [2.45, 2.75) is 64.1 Å². The summed E-state index contributed by atoms with van der Waals surface area (Å²) in [6, 6.07) is 15.2. The Bertz CT molecular complexity index is 1110. The van der Waals surface area contributed by atoms with Crippen molar-refractivity contribution in [3.8, 4) is 0 Å². The van der Waals surface area contributed by atoms with Crippen molar-refractivity contribution in [2.75, 3.05) is 26.3 Å². The molecule has 6 nitrogen and oxygen atoms in total. The number of benzene rings is 2. The highest BCUT2D eigenvalue weighted by Crippen LogP contribution is 2.52.